The van der Waals surface area contributed by atoms with Crippen LogP contribution in [0.4, 0.5) is 8.78 Å². The zero-order chi connectivity index (χ0) is 21.1. The third-order valence-electron chi connectivity index (χ3n) is 4.16. The number of hydrogen-bond acceptors (Lipinski definition) is 5. The van der Waals surface area contributed by atoms with Crippen molar-refractivity contribution in [3.63, 3.8) is 0 Å². The molecule has 1 amide bonds. The van der Waals surface area contributed by atoms with Gasteiger partial charge in [-0.15, -0.1) is 11.3 Å². The molecule has 29 heavy (non-hydrogen) atoms. The maximum Gasteiger partial charge on any atom is 0.254 e. The molecule has 1 heterocycles. The van der Waals surface area contributed by atoms with Gasteiger partial charge in [-0.25, -0.2) is 13.8 Å². The number of nitrogens with two attached hydrogens (primary N) is 1. The second-order valence-corrected chi connectivity index (χ2v) is 7.95. The van der Waals surface area contributed by atoms with Crippen LogP contribution in [0.2, 0.25) is 0 Å². The number of hydrogen-bond donors (Lipinski definition) is 1. The maximum absolute atomic E-state index is 14.2. The molecule has 0 radical (unpaired) electrons. The van der Waals surface area contributed by atoms with Crippen molar-refractivity contribution in [2.45, 2.75) is 20.0 Å². The standard InChI is InChI=1S/C20H17BrF2N2O3S/c1-10-5-13(27-2)7-11(18(10)21)6-12-9-29-16(25-12)8-28-15-4-3-14(22)17(19(15)23)20(24)26/h3-5,7,9H,6,8H2,1-2H3,(H2,24,26). The third-order valence-corrected chi connectivity index (χ3v) is 6.17. The van der Waals surface area contributed by atoms with Crippen molar-refractivity contribution in [3.05, 3.63) is 73.1 Å². The van der Waals surface area contributed by atoms with Gasteiger partial charge in [0.15, 0.2) is 11.6 Å². The molecular weight excluding hydrogens is 466 g/mol. The summed E-state index contributed by atoms with van der Waals surface area (Å²) in [7, 11) is 1.61. The van der Waals surface area contributed by atoms with Gasteiger partial charge in [-0.2, -0.15) is 0 Å². The van der Waals surface area contributed by atoms with Gasteiger partial charge in [-0.3, -0.25) is 4.79 Å². The number of benzene rings is 2. The first kappa shape index (κ1) is 21.2. The Morgan fingerprint density at radius 1 is 1.31 bits per heavy atom. The molecule has 0 atom stereocenters. The summed E-state index contributed by atoms with van der Waals surface area (Å²) in [5, 5.41) is 2.50. The minimum Gasteiger partial charge on any atom is -0.497 e. The lowest BCUT2D eigenvalue weighted by atomic mass is 10.1. The number of methoxy groups -OCH3 is 1. The number of nitrogens with zero attached hydrogens (tertiary/aromatic N) is 1. The van der Waals surface area contributed by atoms with Crippen LogP contribution in [0.5, 0.6) is 11.5 Å². The van der Waals surface area contributed by atoms with Gasteiger partial charge in [0.25, 0.3) is 5.91 Å². The van der Waals surface area contributed by atoms with E-state index in [0.29, 0.717) is 11.4 Å². The van der Waals surface area contributed by atoms with Gasteiger partial charge in [0, 0.05) is 16.3 Å². The molecule has 5 nitrogen and oxygen atoms in total. The summed E-state index contributed by atoms with van der Waals surface area (Å²) < 4.78 is 39.5. The Bertz CT molecular complexity index is 1070. The van der Waals surface area contributed by atoms with Crippen LogP contribution < -0.4 is 15.2 Å². The normalized spacial score (nSPS) is 10.8. The van der Waals surface area contributed by atoms with Crippen molar-refractivity contribution in [1.29, 1.82) is 0 Å². The monoisotopic (exact) mass is 482 g/mol. The Balaban J connectivity index is 1.73. The highest BCUT2D eigenvalue weighted by atomic mass is 79.9. The predicted octanol–water partition coefficient (Wildman–Crippen LogP) is 4.77. The van der Waals surface area contributed by atoms with Crippen LogP contribution in [-0.4, -0.2) is 18.0 Å². The van der Waals surface area contributed by atoms with Gasteiger partial charge in [-0.05, 0) is 42.3 Å². The van der Waals surface area contributed by atoms with Gasteiger partial charge in [0.1, 0.15) is 28.7 Å². The molecule has 0 bridgehead atoms. The summed E-state index contributed by atoms with van der Waals surface area (Å²) in [6.45, 7) is 1.96. The zero-order valence-corrected chi connectivity index (χ0v) is 18.0. The lowest BCUT2D eigenvalue weighted by Crippen LogP contribution is -2.16. The van der Waals surface area contributed by atoms with E-state index in [0.717, 1.165) is 39.2 Å². The Morgan fingerprint density at radius 2 is 2.07 bits per heavy atom. The smallest absolute Gasteiger partial charge is 0.254 e. The van der Waals surface area contributed by atoms with Crippen molar-refractivity contribution < 1.29 is 23.0 Å². The molecule has 9 heteroatoms. The lowest BCUT2D eigenvalue weighted by Gasteiger charge is -2.09. The van der Waals surface area contributed by atoms with Crippen LogP contribution in [0.3, 0.4) is 0 Å². The third kappa shape index (κ3) is 4.73. The van der Waals surface area contributed by atoms with Crippen LogP contribution >= 0.6 is 27.3 Å². The van der Waals surface area contributed by atoms with Crippen LogP contribution in [0.1, 0.15) is 32.2 Å². The van der Waals surface area contributed by atoms with Crippen LogP contribution in [0.25, 0.3) is 0 Å². The second-order valence-electron chi connectivity index (χ2n) is 6.21. The number of aryl methyl sites for hydroxylation is 1. The van der Waals surface area contributed by atoms with E-state index in [1.165, 1.54) is 11.3 Å². The number of thiazole rings is 1. The minimum absolute atomic E-state index is 0.0241. The number of amides is 1. The molecule has 152 valence electrons. The number of primary amides is 1. The fourth-order valence-corrected chi connectivity index (χ4v) is 3.83. The van der Waals surface area contributed by atoms with E-state index in [1.54, 1.807) is 7.11 Å². The molecule has 1 aromatic heterocycles. The van der Waals surface area contributed by atoms with Gasteiger partial charge in [0.2, 0.25) is 0 Å². The van der Waals surface area contributed by atoms with E-state index in [1.807, 2.05) is 24.4 Å². The van der Waals surface area contributed by atoms with E-state index < -0.39 is 23.1 Å². The zero-order valence-electron chi connectivity index (χ0n) is 15.6. The van der Waals surface area contributed by atoms with Crippen molar-refractivity contribution in [2.24, 2.45) is 5.73 Å². The number of rotatable bonds is 7. The van der Waals surface area contributed by atoms with Gasteiger partial charge in [-0.1, -0.05) is 15.9 Å². The Morgan fingerprint density at radius 3 is 2.76 bits per heavy atom. The van der Waals surface area contributed by atoms with E-state index in [4.69, 9.17) is 15.2 Å². The molecular formula is C20H17BrF2N2O3S. The molecule has 0 unspecified atom stereocenters. The van der Waals surface area contributed by atoms with Crippen LogP contribution in [-0.2, 0) is 13.0 Å². The van der Waals surface area contributed by atoms with Crippen molar-refractivity contribution >= 4 is 33.2 Å². The average molecular weight is 483 g/mol. The van der Waals surface area contributed by atoms with Gasteiger partial charge >= 0.3 is 0 Å². The summed E-state index contributed by atoms with van der Waals surface area (Å²) in [6, 6.07) is 5.92. The summed E-state index contributed by atoms with van der Waals surface area (Å²) >= 11 is 4.94. The first-order valence-corrected chi connectivity index (χ1v) is 10.1. The fourth-order valence-electron chi connectivity index (χ4n) is 2.75. The lowest BCUT2D eigenvalue weighted by molar-refractivity contribution is 0.0991. The first-order chi connectivity index (χ1) is 13.8. The average Bonchev–Trinajstić information content (AvgIpc) is 3.11. The summed E-state index contributed by atoms with van der Waals surface area (Å²) in [5.41, 5.74) is 7.09. The van der Waals surface area contributed by atoms with Crippen molar-refractivity contribution in [3.8, 4) is 11.5 Å². The number of ether oxygens (including phenoxy) is 2. The summed E-state index contributed by atoms with van der Waals surface area (Å²) in [5.74, 6) is -2.84. The number of aromatic nitrogens is 1. The van der Waals surface area contributed by atoms with Crippen LogP contribution in [0, 0.1) is 18.6 Å². The van der Waals surface area contributed by atoms with Crippen molar-refractivity contribution in [2.75, 3.05) is 7.11 Å². The van der Waals surface area contributed by atoms with Crippen molar-refractivity contribution in [1.82, 2.24) is 4.98 Å². The van der Waals surface area contributed by atoms with E-state index in [-0.39, 0.29) is 12.4 Å². The molecule has 0 aliphatic carbocycles. The molecule has 0 spiro atoms. The summed E-state index contributed by atoms with van der Waals surface area (Å²) in [6.07, 6.45) is 0.575. The van der Waals surface area contributed by atoms with E-state index in [2.05, 4.69) is 20.9 Å². The highest BCUT2D eigenvalue weighted by Gasteiger charge is 2.19. The molecule has 0 saturated carbocycles. The Hall–Kier alpha value is -2.52. The molecule has 0 fully saturated rings. The van der Waals surface area contributed by atoms with E-state index >= 15 is 0 Å². The first-order valence-electron chi connectivity index (χ1n) is 8.47. The van der Waals surface area contributed by atoms with Crippen LogP contribution in [0.15, 0.2) is 34.1 Å². The van der Waals surface area contributed by atoms with Gasteiger partial charge < -0.3 is 15.2 Å². The molecule has 0 aliphatic heterocycles. The maximum atomic E-state index is 14.2. The highest BCUT2D eigenvalue weighted by Crippen LogP contribution is 2.29. The topological polar surface area (TPSA) is 74.4 Å². The Kier molecular flexibility index (Phi) is 6.49. The van der Waals surface area contributed by atoms with E-state index in [9.17, 15) is 13.6 Å². The molecule has 0 aliphatic rings. The summed E-state index contributed by atoms with van der Waals surface area (Å²) in [4.78, 5) is 15.7. The highest BCUT2D eigenvalue weighted by molar-refractivity contribution is 9.10. The number of carbonyl (C=O) groups is 1. The molecule has 0 saturated heterocycles. The predicted molar refractivity (Wildman–Crippen MR) is 110 cm³/mol. The number of halogens is 3. The molecule has 3 aromatic rings. The number of carbonyl (C=O) groups excluding carboxylic acids is 1. The minimum atomic E-state index is -1.19. The van der Waals surface area contributed by atoms with Gasteiger partial charge in [0.05, 0.1) is 12.8 Å². The molecule has 2 aromatic carbocycles. The second kappa shape index (κ2) is 8.87. The largest absolute Gasteiger partial charge is 0.497 e. The quantitative estimate of drug-likeness (QED) is 0.526. The Labute approximate surface area is 178 Å². The fraction of sp³-hybridized carbons (Fsp3) is 0.200. The molecule has 3 rings (SSSR count). The SMILES string of the molecule is COc1cc(C)c(Br)c(Cc2csc(COc3ccc(F)c(C(N)=O)c3F)n2)c1. The molecule has 2 N–H and O–H groups in total.